The molecule has 2 rings (SSSR count). The molecule has 0 bridgehead atoms. The lowest BCUT2D eigenvalue weighted by molar-refractivity contribution is -0.146. The monoisotopic (exact) mass is 408 g/mol. The zero-order chi connectivity index (χ0) is 14.9. The molecule has 0 aliphatic carbocycles. The van der Waals surface area contributed by atoms with E-state index in [1.54, 1.807) is 25.1 Å². The Hall–Kier alpha value is -1.02. The predicted octanol–water partition coefficient (Wildman–Crippen LogP) is 3.42. The van der Waals surface area contributed by atoms with Crippen LogP contribution in [0, 0.1) is 3.57 Å². The van der Waals surface area contributed by atoms with Gasteiger partial charge in [0.1, 0.15) is 5.54 Å². The molecule has 7 heteroatoms. The molecule has 1 fully saturated rings. The Morgan fingerprint density at radius 3 is 2.80 bits per heavy atom. The number of carboxylic acids is 1. The van der Waals surface area contributed by atoms with Crippen LogP contribution in [0.25, 0.3) is 0 Å². The maximum Gasteiger partial charge on any atom is 0.329 e. The fourth-order valence-electron chi connectivity index (χ4n) is 2.28. The van der Waals surface area contributed by atoms with E-state index >= 15 is 0 Å². The molecule has 1 aliphatic rings. The number of carbonyl (C=O) groups is 2. The van der Waals surface area contributed by atoms with Gasteiger partial charge >= 0.3 is 12.0 Å². The van der Waals surface area contributed by atoms with Gasteiger partial charge in [-0.15, -0.1) is 0 Å². The van der Waals surface area contributed by atoms with E-state index in [2.05, 4.69) is 27.9 Å². The number of anilines is 1. The van der Waals surface area contributed by atoms with Crippen molar-refractivity contribution in [2.75, 3.05) is 11.9 Å². The van der Waals surface area contributed by atoms with Gasteiger partial charge < -0.3 is 15.3 Å². The minimum Gasteiger partial charge on any atom is -0.480 e. The van der Waals surface area contributed by atoms with Gasteiger partial charge in [-0.05, 0) is 60.6 Å². The lowest BCUT2D eigenvalue weighted by Crippen LogP contribution is -2.52. The van der Waals surface area contributed by atoms with Gasteiger partial charge in [0.15, 0.2) is 0 Å². The smallest absolute Gasteiger partial charge is 0.329 e. The van der Waals surface area contributed by atoms with Crippen molar-refractivity contribution >= 4 is 51.9 Å². The summed E-state index contributed by atoms with van der Waals surface area (Å²) in [7, 11) is 0. The van der Waals surface area contributed by atoms with E-state index in [-0.39, 0.29) is 0 Å². The third-order valence-electron chi connectivity index (χ3n) is 3.52. The molecule has 2 N–H and O–H groups in total. The Labute approximate surface area is 135 Å². The van der Waals surface area contributed by atoms with Crippen molar-refractivity contribution in [3.8, 4) is 0 Å². The summed E-state index contributed by atoms with van der Waals surface area (Å²) in [6, 6.07) is 4.72. The van der Waals surface area contributed by atoms with Crippen molar-refractivity contribution in [3.05, 3.63) is 26.8 Å². The first-order valence-corrected chi connectivity index (χ1v) is 7.57. The maximum atomic E-state index is 12.3. The molecule has 1 aromatic carbocycles. The highest BCUT2D eigenvalue weighted by atomic mass is 127. The van der Waals surface area contributed by atoms with E-state index in [1.165, 1.54) is 4.90 Å². The van der Waals surface area contributed by atoms with Gasteiger partial charge in [-0.1, -0.05) is 11.6 Å². The van der Waals surface area contributed by atoms with Crippen LogP contribution < -0.4 is 5.32 Å². The molecule has 1 atom stereocenters. The topological polar surface area (TPSA) is 69.6 Å². The van der Waals surface area contributed by atoms with Crippen molar-refractivity contribution in [2.24, 2.45) is 0 Å². The highest BCUT2D eigenvalue weighted by molar-refractivity contribution is 14.1. The first-order valence-electron chi connectivity index (χ1n) is 6.11. The molecule has 0 saturated carbocycles. The normalized spacial score (nSPS) is 21.9. The largest absolute Gasteiger partial charge is 0.480 e. The van der Waals surface area contributed by atoms with Crippen LogP contribution in [0.15, 0.2) is 18.2 Å². The number of hydrogen-bond donors (Lipinski definition) is 2. The molecule has 1 aliphatic heterocycles. The fraction of sp³-hybridized carbons (Fsp3) is 0.385. The number of likely N-dealkylation sites (tertiary alicyclic amines) is 1. The van der Waals surface area contributed by atoms with Gasteiger partial charge in [-0.3, -0.25) is 0 Å². The molecule has 0 radical (unpaired) electrons. The summed E-state index contributed by atoms with van der Waals surface area (Å²) >= 11 is 7.93. The van der Waals surface area contributed by atoms with Crippen LogP contribution in [0.5, 0.6) is 0 Å². The fourth-order valence-corrected chi connectivity index (χ4v) is 3.29. The number of aliphatic carboxylic acids is 1. The Morgan fingerprint density at radius 1 is 1.50 bits per heavy atom. The van der Waals surface area contributed by atoms with Gasteiger partial charge in [0.25, 0.3) is 0 Å². The van der Waals surface area contributed by atoms with Crippen molar-refractivity contribution in [3.63, 3.8) is 0 Å². The van der Waals surface area contributed by atoms with Crippen LogP contribution >= 0.6 is 34.2 Å². The van der Waals surface area contributed by atoms with Crippen molar-refractivity contribution in [1.29, 1.82) is 0 Å². The van der Waals surface area contributed by atoms with E-state index in [1.807, 2.05) is 0 Å². The lowest BCUT2D eigenvalue weighted by atomic mass is 10.00. The van der Waals surface area contributed by atoms with E-state index in [0.717, 1.165) is 3.57 Å². The molecule has 0 aromatic heterocycles. The second-order valence-corrected chi connectivity index (χ2v) is 6.49. The molecule has 0 spiro atoms. The van der Waals surface area contributed by atoms with Crippen LogP contribution in [-0.4, -0.2) is 34.1 Å². The number of amides is 2. The zero-order valence-electron chi connectivity index (χ0n) is 10.8. The Bertz CT molecular complexity index is 567. The first-order chi connectivity index (χ1) is 9.34. The van der Waals surface area contributed by atoms with Crippen molar-refractivity contribution in [1.82, 2.24) is 4.90 Å². The number of urea groups is 1. The van der Waals surface area contributed by atoms with E-state index < -0.39 is 17.5 Å². The van der Waals surface area contributed by atoms with Gasteiger partial charge in [0.05, 0.1) is 5.69 Å². The molecule has 1 unspecified atom stereocenters. The highest BCUT2D eigenvalue weighted by Gasteiger charge is 2.46. The molecular weight excluding hydrogens is 395 g/mol. The van der Waals surface area contributed by atoms with Gasteiger partial charge in [0.2, 0.25) is 0 Å². The minimum absolute atomic E-state index is 0.396. The quantitative estimate of drug-likeness (QED) is 0.737. The number of nitrogens with zero attached hydrogens (tertiary/aromatic N) is 1. The van der Waals surface area contributed by atoms with Crippen LogP contribution in [0.2, 0.25) is 5.02 Å². The summed E-state index contributed by atoms with van der Waals surface area (Å²) in [4.78, 5) is 25.0. The molecule has 108 valence electrons. The number of benzene rings is 1. The number of carboxylic acid groups (broad SMARTS) is 1. The number of hydrogen-bond acceptors (Lipinski definition) is 2. The summed E-state index contributed by atoms with van der Waals surface area (Å²) in [6.07, 6.45) is 1.15. The average Bonchev–Trinajstić information content (AvgIpc) is 2.76. The minimum atomic E-state index is -1.14. The third-order valence-corrected chi connectivity index (χ3v) is 4.65. The molecule has 1 saturated heterocycles. The summed E-state index contributed by atoms with van der Waals surface area (Å²) in [5, 5.41) is 12.6. The average molecular weight is 409 g/mol. The number of halogens is 2. The molecular formula is C13H14ClIN2O3. The van der Waals surface area contributed by atoms with E-state index in [9.17, 15) is 14.7 Å². The van der Waals surface area contributed by atoms with Crippen molar-refractivity contribution in [2.45, 2.75) is 25.3 Å². The number of rotatable bonds is 2. The SMILES string of the molecule is CC1(C(=O)O)CCCN1C(=O)Nc1ccc(Cl)cc1I. The number of nitrogens with one attached hydrogen (secondary N) is 1. The van der Waals surface area contributed by atoms with E-state index in [4.69, 9.17) is 11.6 Å². The molecule has 1 aromatic rings. The zero-order valence-corrected chi connectivity index (χ0v) is 13.7. The predicted molar refractivity (Wildman–Crippen MR) is 85.2 cm³/mol. The lowest BCUT2D eigenvalue weighted by Gasteiger charge is -2.31. The number of carbonyl (C=O) groups excluding carboxylic acids is 1. The molecule has 20 heavy (non-hydrogen) atoms. The Balaban J connectivity index is 2.18. The highest BCUT2D eigenvalue weighted by Crippen LogP contribution is 2.30. The molecule has 5 nitrogen and oxygen atoms in total. The van der Waals surface area contributed by atoms with Gasteiger partial charge in [0, 0.05) is 15.1 Å². The summed E-state index contributed by atoms with van der Waals surface area (Å²) in [5.41, 5.74) is -0.512. The summed E-state index contributed by atoms with van der Waals surface area (Å²) < 4.78 is 0.805. The van der Waals surface area contributed by atoms with Crippen LogP contribution in [0.4, 0.5) is 10.5 Å². The standard InChI is InChI=1S/C13H14ClIN2O3/c1-13(11(18)19)5-2-6-17(13)12(20)16-10-4-3-8(14)7-9(10)15/h3-4,7H,2,5-6H2,1H3,(H,16,20)(H,18,19). The second kappa shape index (κ2) is 5.77. The van der Waals surface area contributed by atoms with Crippen LogP contribution in [0.3, 0.4) is 0 Å². The third kappa shape index (κ3) is 2.85. The summed E-state index contributed by atoms with van der Waals surface area (Å²) in [6.45, 7) is 2.02. The Morgan fingerprint density at radius 2 is 2.20 bits per heavy atom. The molecule has 2 amide bonds. The molecule has 1 heterocycles. The summed E-state index contributed by atoms with van der Waals surface area (Å²) in [5.74, 6) is -0.976. The maximum absolute atomic E-state index is 12.3. The van der Waals surface area contributed by atoms with E-state index in [0.29, 0.717) is 30.1 Å². The van der Waals surface area contributed by atoms with Gasteiger partial charge in [-0.25, -0.2) is 9.59 Å². The van der Waals surface area contributed by atoms with Crippen molar-refractivity contribution < 1.29 is 14.7 Å². The van der Waals surface area contributed by atoms with Crippen LogP contribution in [-0.2, 0) is 4.79 Å². The van der Waals surface area contributed by atoms with Gasteiger partial charge in [-0.2, -0.15) is 0 Å². The first kappa shape index (κ1) is 15.4. The second-order valence-electron chi connectivity index (χ2n) is 4.89. The van der Waals surface area contributed by atoms with Crippen LogP contribution in [0.1, 0.15) is 19.8 Å². The Kier molecular flexibility index (Phi) is 4.43.